The summed E-state index contributed by atoms with van der Waals surface area (Å²) in [4.78, 5) is 60.9. The number of phosphoric ester groups is 1. The topological polar surface area (TPSA) is 284 Å². The minimum atomic E-state index is -6.03. The quantitative estimate of drug-likeness (QED) is 0.108. The molecule has 0 amide bonds. The number of nitrogen functional groups attached to an aromatic ring is 1. The third kappa shape index (κ3) is 10.5. The van der Waals surface area contributed by atoms with E-state index in [0.29, 0.717) is 24.4 Å². The molecule has 2 unspecified atom stereocenters. The number of phosphoric acid groups is 1. The normalized spacial score (nSPS) is 23.4. The molecule has 1 aliphatic heterocycles. The Labute approximate surface area is 345 Å². The van der Waals surface area contributed by atoms with E-state index in [2.05, 4.69) is 55.6 Å². The van der Waals surface area contributed by atoms with Gasteiger partial charge in [-0.2, -0.15) is 9.97 Å². The predicted octanol–water partition coefficient (Wildman–Crippen LogP) is -13.7. The third-order valence-electron chi connectivity index (χ3n) is 5.36. The van der Waals surface area contributed by atoms with Crippen molar-refractivity contribution in [1.82, 2.24) is 19.5 Å². The van der Waals surface area contributed by atoms with Gasteiger partial charge in [-0.1, -0.05) is 31.9 Å². The van der Waals surface area contributed by atoms with Crippen molar-refractivity contribution >= 4 is 77.8 Å². The van der Waals surface area contributed by atoms with Crippen LogP contribution >= 0.6 is 54.9 Å². The average molecular weight is 822 g/mol. The van der Waals surface area contributed by atoms with Gasteiger partial charge in [0, 0.05) is 13.1 Å². The van der Waals surface area contributed by atoms with Crippen LogP contribution in [0.5, 0.6) is 0 Å². The average Bonchev–Trinajstić information content (AvgIpc) is 3.32. The van der Waals surface area contributed by atoms with Crippen LogP contribution in [0.1, 0.15) is 20.1 Å². The van der Waals surface area contributed by atoms with Crippen molar-refractivity contribution in [2.45, 2.75) is 41.1 Å². The molecule has 1 aliphatic rings. The SMILES string of the molecule is CCN(CC)c1nc(N)nc2c1ncn2[C@@H]1O[C@H](COP(=O)([O-])OP(=O)([O-])C(Br)(Br)P(=O)([O-])[O-])[C@@H](O)[C@H]1O.[Na+].[Na+].[Na+].[Na+]. The number of rotatable bonds is 11. The van der Waals surface area contributed by atoms with Gasteiger partial charge in [-0.3, -0.25) is 13.4 Å². The van der Waals surface area contributed by atoms with Gasteiger partial charge >= 0.3 is 118 Å². The summed E-state index contributed by atoms with van der Waals surface area (Å²) in [6.45, 7) is 3.82. The summed E-state index contributed by atoms with van der Waals surface area (Å²) in [5, 5.41) is 21.0. The van der Waals surface area contributed by atoms with Crippen molar-refractivity contribution in [2.75, 3.05) is 30.3 Å². The Kier molecular flexibility index (Phi) is 20.9. The molecule has 3 heterocycles. The van der Waals surface area contributed by atoms with E-state index in [4.69, 9.17) is 10.5 Å². The molecule has 0 spiro atoms. The Hall–Kier alpha value is 3.44. The number of halogens is 2. The second-order valence-electron chi connectivity index (χ2n) is 7.78. The second kappa shape index (κ2) is 18.4. The standard InChI is InChI=1S/C15H25Br2N6O12P3.4Na/c1-3-22(4-2)11-8-12(21-14(18)20-11)23(6-19-8)13-10(25)9(24)7(34-13)5-33-38(31,32)35-37(29,30)15(16,17)36(26,27)28;;;;/h6-7,9-10,13,24-25H,3-5H2,1-2H3,(H,29,30)(H,31,32)(H2,18,20,21)(H2,26,27,28);;;;/q;4*+1/p-4/t7-,9-,10-,13-;;;;/m1..../s1. The summed E-state index contributed by atoms with van der Waals surface area (Å²) in [5.74, 6) is 0.293. The van der Waals surface area contributed by atoms with Gasteiger partial charge in [-0.25, -0.2) is 4.98 Å². The molecule has 18 nitrogen and oxygen atoms in total. The molecule has 0 radical (unpaired) electrons. The van der Waals surface area contributed by atoms with Crippen LogP contribution in [0.2, 0.25) is 0 Å². The number of imidazole rings is 1. The zero-order chi connectivity index (χ0) is 28.8. The Bertz CT molecular complexity index is 1340. The first-order valence-corrected chi connectivity index (χ1v) is 16.6. The molecule has 1 saturated heterocycles. The van der Waals surface area contributed by atoms with Crippen molar-refractivity contribution in [3.05, 3.63) is 6.33 Å². The molecule has 27 heteroatoms. The number of aliphatic hydroxyl groups excluding tert-OH is 2. The van der Waals surface area contributed by atoms with Gasteiger partial charge < -0.3 is 58.8 Å². The Balaban J connectivity index is 0. The number of anilines is 2. The smallest absolute Gasteiger partial charge is 0.809 e. The summed E-state index contributed by atoms with van der Waals surface area (Å²) >= 11 is 4.15. The predicted molar refractivity (Wildman–Crippen MR) is 130 cm³/mol. The Morgan fingerprint density at radius 1 is 1.07 bits per heavy atom. The molecule has 2 aromatic heterocycles. The minimum absolute atomic E-state index is 0. The maximum Gasteiger partial charge on any atom is 1.00 e. The molecule has 0 aromatic carbocycles. The molecule has 0 saturated carbocycles. The molecular formula is C15H21Br2N6Na4O12P3. The van der Waals surface area contributed by atoms with Crippen molar-refractivity contribution in [3.63, 3.8) is 0 Å². The summed E-state index contributed by atoms with van der Waals surface area (Å²) in [7, 11) is -17.9. The number of hydrogen-bond donors (Lipinski definition) is 3. The molecule has 2 aromatic rings. The van der Waals surface area contributed by atoms with Gasteiger partial charge in [0.1, 0.15) is 18.3 Å². The van der Waals surface area contributed by atoms with Crippen LogP contribution < -0.4 is 148 Å². The van der Waals surface area contributed by atoms with E-state index in [-0.39, 0.29) is 130 Å². The minimum Gasteiger partial charge on any atom is -0.809 e. The molecule has 216 valence electrons. The van der Waals surface area contributed by atoms with Crippen molar-refractivity contribution in [3.8, 4) is 0 Å². The maximum atomic E-state index is 12.1. The van der Waals surface area contributed by atoms with E-state index in [1.54, 1.807) is 0 Å². The van der Waals surface area contributed by atoms with E-state index in [1.807, 2.05) is 18.7 Å². The first-order valence-electron chi connectivity index (χ1n) is 10.5. The molecule has 0 bridgehead atoms. The first kappa shape index (κ1) is 47.6. The summed E-state index contributed by atoms with van der Waals surface area (Å²) in [6.07, 6.45) is -5.12. The van der Waals surface area contributed by atoms with Crippen LogP contribution in [-0.2, 0) is 27.3 Å². The Morgan fingerprint density at radius 2 is 1.62 bits per heavy atom. The van der Waals surface area contributed by atoms with E-state index >= 15 is 0 Å². The third-order valence-corrected chi connectivity index (χ3v) is 15.5. The monoisotopic (exact) mass is 820 g/mol. The van der Waals surface area contributed by atoms with Gasteiger partial charge in [0.15, 0.2) is 33.5 Å². The largest absolute Gasteiger partial charge is 1.00 e. The Morgan fingerprint density at radius 3 is 2.12 bits per heavy atom. The van der Waals surface area contributed by atoms with Crippen LogP contribution in [0.15, 0.2) is 6.33 Å². The van der Waals surface area contributed by atoms with Crippen molar-refractivity contribution in [2.24, 2.45) is 0 Å². The number of ether oxygens (including phenoxy) is 1. The summed E-state index contributed by atoms with van der Waals surface area (Å²) in [5.41, 5.74) is 6.27. The number of fused-ring (bicyclic) bond motifs is 1. The molecule has 42 heavy (non-hydrogen) atoms. The van der Waals surface area contributed by atoms with Crippen molar-refractivity contribution in [1.29, 1.82) is 0 Å². The van der Waals surface area contributed by atoms with Gasteiger partial charge in [0.25, 0.3) is 7.82 Å². The van der Waals surface area contributed by atoms with Crippen molar-refractivity contribution < 1.29 is 175 Å². The first-order chi connectivity index (χ1) is 17.4. The number of nitrogens with zero attached hydrogens (tertiary/aromatic N) is 5. The summed E-state index contributed by atoms with van der Waals surface area (Å²) in [6, 6.07) is 0. The fourth-order valence-electron chi connectivity index (χ4n) is 3.46. The molecular weight excluding hydrogens is 801 g/mol. The fraction of sp³-hybridized carbons (Fsp3) is 0.667. The number of alkyl halides is 2. The molecule has 6 atom stereocenters. The van der Waals surface area contributed by atoms with Crippen LogP contribution in [-0.4, -0.2) is 70.5 Å². The van der Waals surface area contributed by atoms with E-state index < -0.39 is 56.9 Å². The van der Waals surface area contributed by atoms with Crippen LogP contribution in [0.3, 0.4) is 0 Å². The second-order valence-corrected chi connectivity index (χ2v) is 19.2. The molecule has 3 rings (SSSR count). The maximum absolute atomic E-state index is 12.1. The summed E-state index contributed by atoms with van der Waals surface area (Å²) < 4.78 is 46.8. The number of nitrogens with two attached hydrogens (primary N) is 1. The zero-order valence-electron chi connectivity index (χ0n) is 23.4. The van der Waals surface area contributed by atoms with Gasteiger partial charge in [-0.15, -0.1) is 0 Å². The number of aromatic nitrogens is 4. The van der Waals surface area contributed by atoms with E-state index in [0.717, 1.165) is 0 Å². The van der Waals surface area contributed by atoms with Crippen LogP contribution in [0.25, 0.3) is 11.2 Å². The molecule has 4 N–H and O–H groups in total. The number of hydrogen-bond acceptors (Lipinski definition) is 17. The van der Waals surface area contributed by atoms with Gasteiger partial charge in [0.05, 0.1) is 12.9 Å². The van der Waals surface area contributed by atoms with Gasteiger partial charge in [-0.05, 0) is 21.4 Å². The van der Waals surface area contributed by atoms with E-state index in [1.165, 1.54) is 10.9 Å². The number of aliphatic hydroxyl groups is 2. The zero-order valence-corrected chi connectivity index (χ0v) is 37.3. The molecule has 1 fully saturated rings. The van der Waals surface area contributed by atoms with Crippen LogP contribution in [0.4, 0.5) is 11.8 Å². The molecule has 0 aliphatic carbocycles. The van der Waals surface area contributed by atoms with Crippen LogP contribution in [0, 0.1) is 0 Å². The van der Waals surface area contributed by atoms with Gasteiger partial charge in [0.2, 0.25) is 5.95 Å². The van der Waals surface area contributed by atoms with E-state index in [9.17, 15) is 43.5 Å². The fourth-order valence-corrected chi connectivity index (χ4v) is 8.12.